The molecule has 0 saturated carbocycles. The maximum absolute atomic E-state index is 10.5. The van der Waals surface area contributed by atoms with Gasteiger partial charge in [0.1, 0.15) is 61.0 Å². The van der Waals surface area contributed by atoms with Crippen molar-refractivity contribution in [3.8, 4) is 0 Å². The minimum absolute atomic E-state index is 0.413. The van der Waals surface area contributed by atoms with Crippen LogP contribution in [-0.4, -0.2) is 145 Å². The second kappa shape index (κ2) is 10.1. The molecule has 3 saturated heterocycles. The minimum Gasteiger partial charge on any atom is -0.394 e. The number of hydrogen-bond donors (Lipinski definition) is 9. The Labute approximate surface area is 176 Å². The summed E-state index contributed by atoms with van der Waals surface area (Å²) < 4.78 is 26.7. The number of ether oxygens (including phenoxy) is 5. The molecule has 0 aromatic heterocycles. The Kier molecular flexibility index (Phi) is 8.21. The van der Waals surface area contributed by atoms with Crippen molar-refractivity contribution < 1.29 is 69.6 Å². The summed E-state index contributed by atoms with van der Waals surface area (Å²) in [4.78, 5) is 0. The highest BCUT2D eigenvalue weighted by atomic mass is 16.8. The molecule has 0 aliphatic carbocycles. The van der Waals surface area contributed by atoms with E-state index in [9.17, 15) is 46.0 Å². The van der Waals surface area contributed by atoms with Gasteiger partial charge in [0.2, 0.25) is 0 Å². The number of rotatable bonds is 6. The van der Waals surface area contributed by atoms with Gasteiger partial charge in [-0.3, -0.25) is 0 Å². The third kappa shape index (κ3) is 5.02. The van der Waals surface area contributed by atoms with Crippen molar-refractivity contribution in [2.45, 2.75) is 92.9 Å². The second-order valence-electron chi connectivity index (χ2n) is 7.87. The molecule has 3 aliphatic rings. The van der Waals surface area contributed by atoms with E-state index in [1.54, 1.807) is 0 Å². The first-order valence-corrected chi connectivity index (χ1v) is 9.85. The SMILES string of the molecule is C[C@@H]1O[C@@H](OC[C@@H]2O[C@@H](O)[C@H](O)[C@H]2O)[C@H](O[C@@H]2O[C@H](CO)[C@@H](O)[C@H](O)[C@H]2O)[C@H](O)[C@H]1O. The average Bonchev–Trinajstić information content (AvgIpc) is 2.99. The zero-order valence-corrected chi connectivity index (χ0v) is 16.6. The van der Waals surface area contributed by atoms with Crippen molar-refractivity contribution >= 4 is 0 Å². The summed E-state index contributed by atoms with van der Waals surface area (Å²) >= 11 is 0. The summed E-state index contributed by atoms with van der Waals surface area (Å²) in [6, 6.07) is 0. The van der Waals surface area contributed by atoms with Crippen LogP contribution in [0.5, 0.6) is 0 Å². The maximum atomic E-state index is 10.5. The summed E-state index contributed by atoms with van der Waals surface area (Å²) in [6.07, 6.45) is -20.6. The Morgan fingerprint density at radius 2 is 1.29 bits per heavy atom. The van der Waals surface area contributed by atoms with E-state index >= 15 is 0 Å². The first-order valence-electron chi connectivity index (χ1n) is 9.85. The topological polar surface area (TPSA) is 228 Å². The van der Waals surface area contributed by atoms with Gasteiger partial charge in [-0.15, -0.1) is 0 Å². The van der Waals surface area contributed by atoms with E-state index in [2.05, 4.69) is 0 Å². The van der Waals surface area contributed by atoms with Crippen LogP contribution in [0.15, 0.2) is 0 Å². The van der Waals surface area contributed by atoms with Crippen molar-refractivity contribution in [3.63, 3.8) is 0 Å². The zero-order valence-electron chi connectivity index (χ0n) is 16.6. The van der Waals surface area contributed by atoms with E-state index in [-0.39, 0.29) is 0 Å². The van der Waals surface area contributed by atoms with Crippen LogP contribution in [-0.2, 0) is 23.7 Å². The Hall–Kier alpha value is -0.560. The fraction of sp³-hybridized carbons (Fsp3) is 1.00. The van der Waals surface area contributed by atoms with Gasteiger partial charge in [0.25, 0.3) is 0 Å². The molecule has 14 heteroatoms. The predicted octanol–water partition coefficient (Wildman–Crippen LogP) is -5.91. The van der Waals surface area contributed by atoms with Gasteiger partial charge in [0.05, 0.1) is 19.3 Å². The van der Waals surface area contributed by atoms with E-state index in [0.29, 0.717) is 0 Å². The normalized spacial score (nSPS) is 53.6. The fourth-order valence-electron chi connectivity index (χ4n) is 3.67. The first kappa shape index (κ1) is 25.1. The number of hydrogen-bond acceptors (Lipinski definition) is 14. The Morgan fingerprint density at radius 1 is 0.645 bits per heavy atom. The first-order chi connectivity index (χ1) is 14.6. The van der Waals surface area contributed by atoms with Crippen LogP contribution in [0.2, 0.25) is 0 Å². The van der Waals surface area contributed by atoms with E-state index in [0.717, 1.165) is 0 Å². The van der Waals surface area contributed by atoms with Gasteiger partial charge in [0.15, 0.2) is 18.9 Å². The molecule has 14 nitrogen and oxygen atoms in total. The van der Waals surface area contributed by atoms with Gasteiger partial charge >= 0.3 is 0 Å². The van der Waals surface area contributed by atoms with Crippen molar-refractivity contribution in [2.75, 3.05) is 13.2 Å². The molecule has 3 fully saturated rings. The van der Waals surface area contributed by atoms with Crippen molar-refractivity contribution in [1.29, 1.82) is 0 Å². The summed E-state index contributed by atoms with van der Waals surface area (Å²) in [6.45, 7) is 0.336. The van der Waals surface area contributed by atoms with Crippen LogP contribution < -0.4 is 0 Å². The number of aliphatic hydroxyl groups excluding tert-OH is 9. The van der Waals surface area contributed by atoms with Crippen molar-refractivity contribution in [3.05, 3.63) is 0 Å². The van der Waals surface area contributed by atoms with Gasteiger partial charge in [-0.05, 0) is 6.92 Å². The highest BCUT2D eigenvalue weighted by molar-refractivity contribution is 4.93. The van der Waals surface area contributed by atoms with Crippen LogP contribution in [0.3, 0.4) is 0 Å². The summed E-state index contributed by atoms with van der Waals surface area (Å²) in [5.41, 5.74) is 0. The third-order valence-electron chi connectivity index (χ3n) is 5.69. The lowest BCUT2D eigenvalue weighted by Crippen LogP contribution is -2.64. The molecule has 3 aliphatic heterocycles. The zero-order chi connectivity index (χ0) is 23.0. The number of aliphatic hydroxyl groups is 9. The van der Waals surface area contributed by atoms with E-state index in [1.165, 1.54) is 6.92 Å². The fourth-order valence-corrected chi connectivity index (χ4v) is 3.67. The largest absolute Gasteiger partial charge is 0.394 e. The standard InChI is InChI=1S/C17H30O14/c1-4-7(19)11(23)14(31-16-13(25)10(22)8(20)5(2-18)30-16)17(28-4)27-3-6-9(21)12(24)15(26)29-6/h4-26H,2-3H2,1H3/t4-,5+,6-,7-,8+,9-,10-,11+,12+,13+,14+,15+,16-,17+/m0/s1. The molecule has 31 heavy (non-hydrogen) atoms. The van der Waals surface area contributed by atoms with Gasteiger partial charge in [0, 0.05) is 0 Å². The van der Waals surface area contributed by atoms with Gasteiger partial charge in [-0.2, -0.15) is 0 Å². The highest BCUT2D eigenvalue weighted by Crippen LogP contribution is 2.30. The molecule has 0 radical (unpaired) electrons. The predicted molar refractivity (Wildman–Crippen MR) is 93.8 cm³/mol. The molecule has 0 bridgehead atoms. The molecular weight excluding hydrogens is 428 g/mol. The van der Waals surface area contributed by atoms with Gasteiger partial charge in [-0.1, -0.05) is 0 Å². The molecular formula is C17H30O14. The highest BCUT2D eigenvalue weighted by Gasteiger charge is 2.51. The maximum Gasteiger partial charge on any atom is 0.187 e. The monoisotopic (exact) mass is 458 g/mol. The van der Waals surface area contributed by atoms with Gasteiger partial charge in [-0.25, -0.2) is 0 Å². The van der Waals surface area contributed by atoms with Crippen LogP contribution >= 0.6 is 0 Å². The molecule has 0 amide bonds. The van der Waals surface area contributed by atoms with Crippen LogP contribution in [0.4, 0.5) is 0 Å². The molecule has 3 heterocycles. The lowest BCUT2D eigenvalue weighted by atomic mass is 9.97. The van der Waals surface area contributed by atoms with E-state index in [4.69, 9.17) is 23.7 Å². The summed E-state index contributed by atoms with van der Waals surface area (Å²) in [5.74, 6) is 0. The smallest absolute Gasteiger partial charge is 0.187 e. The van der Waals surface area contributed by atoms with Crippen LogP contribution in [0, 0.1) is 0 Å². The minimum atomic E-state index is -1.77. The van der Waals surface area contributed by atoms with Gasteiger partial charge < -0.3 is 69.6 Å². The van der Waals surface area contributed by atoms with E-state index < -0.39 is 99.2 Å². The molecule has 0 unspecified atom stereocenters. The van der Waals surface area contributed by atoms with Crippen molar-refractivity contribution in [1.82, 2.24) is 0 Å². The quantitative estimate of drug-likeness (QED) is 0.181. The second-order valence-corrected chi connectivity index (χ2v) is 7.87. The lowest BCUT2D eigenvalue weighted by molar-refractivity contribution is -0.366. The third-order valence-corrected chi connectivity index (χ3v) is 5.69. The Morgan fingerprint density at radius 3 is 1.87 bits per heavy atom. The summed E-state index contributed by atoms with van der Waals surface area (Å²) in [5, 5.41) is 88.7. The Balaban J connectivity index is 1.70. The molecule has 14 atom stereocenters. The molecule has 0 aromatic carbocycles. The lowest BCUT2D eigenvalue weighted by Gasteiger charge is -2.45. The van der Waals surface area contributed by atoms with E-state index in [1.807, 2.05) is 0 Å². The molecule has 0 aromatic rings. The van der Waals surface area contributed by atoms with Crippen LogP contribution in [0.25, 0.3) is 0 Å². The average molecular weight is 458 g/mol. The molecule has 9 N–H and O–H groups in total. The van der Waals surface area contributed by atoms with Crippen molar-refractivity contribution in [2.24, 2.45) is 0 Å². The summed E-state index contributed by atoms with van der Waals surface area (Å²) in [7, 11) is 0. The Bertz CT molecular complexity index is 579. The van der Waals surface area contributed by atoms with Crippen LogP contribution in [0.1, 0.15) is 6.92 Å². The molecule has 3 rings (SSSR count). The molecule has 0 spiro atoms. The molecule has 182 valence electrons.